The molecule has 0 saturated carbocycles. The van der Waals surface area contributed by atoms with Gasteiger partial charge in [-0.1, -0.05) is 0 Å². The molecule has 1 aromatic rings. The van der Waals surface area contributed by atoms with E-state index < -0.39 is 0 Å². The normalized spacial score (nSPS) is 17.2. The molecular formula is C11H18N2. The van der Waals surface area contributed by atoms with Gasteiger partial charge in [0.15, 0.2) is 0 Å². The van der Waals surface area contributed by atoms with Gasteiger partial charge < -0.3 is 10.3 Å². The van der Waals surface area contributed by atoms with Gasteiger partial charge in [-0.2, -0.15) is 0 Å². The third-order valence-corrected chi connectivity index (χ3v) is 2.81. The van der Waals surface area contributed by atoms with Crippen molar-refractivity contribution in [2.24, 2.45) is 5.73 Å². The third kappa shape index (κ3) is 1.63. The van der Waals surface area contributed by atoms with Crippen molar-refractivity contribution in [3.63, 3.8) is 0 Å². The first-order valence-corrected chi connectivity index (χ1v) is 5.06. The predicted molar refractivity (Wildman–Crippen MR) is 54.6 cm³/mol. The van der Waals surface area contributed by atoms with E-state index in [9.17, 15) is 0 Å². The molecule has 1 aliphatic rings. The Morgan fingerprint density at radius 2 is 2.15 bits per heavy atom. The Hall–Kier alpha value is -0.760. The molecule has 1 aliphatic heterocycles. The fourth-order valence-electron chi connectivity index (χ4n) is 1.92. The van der Waals surface area contributed by atoms with E-state index in [1.54, 1.807) is 0 Å². The smallest absolute Gasteiger partial charge is 0.0367 e. The van der Waals surface area contributed by atoms with Crippen molar-refractivity contribution in [2.45, 2.75) is 45.2 Å². The van der Waals surface area contributed by atoms with Gasteiger partial charge in [0.05, 0.1) is 0 Å². The molecule has 0 fully saturated rings. The summed E-state index contributed by atoms with van der Waals surface area (Å²) in [6.07, 6.45) is 6.07. The number of hydrogen-bond acceptors (Lipinski definition) is 1. The van der Waals surface area contributed by atoms with E-state index in [0.29, 0.717) is 0 Å². The summed E-state index contributed by atoms with van der Waals surface area (Å²) in [6.45, 7) is 5.30. The van der Waals surface area contributed by atoms with E-state index in [4.69, 9.17) is 5.73 Å². The van der Waals surface area contributed by atoms with E-state index >= 15 is 0 Å². The summed E-state index contributed by atoms with van der Waals surface area (Å²) in [5, 5.41) is 0. The lowest BCUT2D eigenvalue weighted by Gasteiger charge is -2.16. The number of nitrogens with zero attached hydrogens (tertiary/aromatic N) is 1. The highest BCUT2D eigenvalue weighted by Gasteiger charge is 2.19. The minimum absolute atomic E-state index is 0.190. The zero-order chi connectivity index (χ0) is 9.47. The lowest BCUT2D eigenvalue weighted by Crippen LogP contribution is -2.27. The second-order valence-corrected chi connectivity index (χ2v) is 4.59. The van der Waals surface area contributed by atoms with Crippen molar-refractivity contribution in [1.29, 1.82) is 0 Å². The van der Waals surface area contributed by atoms with Crippen molar-refractivity contribution in [1.82, 2.24) is 4.57 Å². The van der Waals surface area contributed by atoms with Crippen LogP contribution in [0.1, 0.15) is 37.9 Å². The highest BCUT2D eigenvalue weighted by Crippen LogP contribution is 2.23. The molecule has 2 heteroatoms. The van der Waals surface area contributed by atoms with E-state index in [2.05, 4.69) is 30.7 Å². The molecular weight excluding hydrogens is 160 g/mol. The van der Waals surface area contributed by atoms with Crippen molar-refractivity contribution in [3.8, 4) is 0 Å². The molecule has 2 heterocycles. The maximum atomic E-state index is 6.06. The first-order chi connectivity index (χ1) is 6.07. The highest BCUT2D eigenvalue weighted by atomic mass is 15.0. The fourth-order valence-corrected chi connectivity index (χ4v) is 1.92. The lowest BCUT2D eigenvalue weighted by atomic mass is 9.98. The molecule has 13 heavy (non-hydrogen) atoms. The maximum Gasteiger partial charge on any atom is 0.0367 e. The molecule has 0 amide bonds. The van der Waals surface area contributed by atoms with E-state index in [-0.39, 0.29) is 5.54 Å². The molecule has 0 saturated heterocycles. The van der Waals surface area contributed by atoms with Crippen LogP contribution in [0.3, 0.4) is 0 Å². The Balaban J connectivity index is 2.36. The van der Waals surface area contributed by atoms with Crippen molar-refractivity contribution >= 4 is 0 Å². The molecule has 2 rings (SSSR count). The topological polar surface area (TPSA) is 30.9 Å². The second-order valence-electron chi connectivity index (χ2n) is 4.59. The molecule has 0 bridgehead atoms. The number of hydrogen-bond donors (Lipinski definition) is 1. The third-order valence-electron chi connectivity index (χ3n) is 2.81. The largest absolute Gasteiger partial charge is 0.351 e. The maximum absolute atomic E-state index is 6.06. The first kappa shape index (κ1) is 8.82. The average Bonchev–Trinajstić information content (AvgIpc) is 2.45. The molecule has 0 aliphatic carbocycles. The van der Waals surface area contributed by atoms with Crippen LogP contribution in [0.25, 0.3) is 0 Å². The second kappa shape index (κ2) is 2.88. The summed E-state index contributed by atoms with van der Waals surface area (Å²) < 4.78 is 2.35. The molecule has 0 aromatic carbocycles. The van der Waals surface area contributed by atoms with E-state index in [0.717, 1.165) is 0 Å². The molecule has 2 nitrogen and oxygen atoms in total. The minimum Gasteiger partial charge on any atom is -0.351 e. The molecule has 0 spiro atoms. The van der Waals surface area contributed by atoms with Crippen molar-refractivity contribution in [3.05, 3.63) is 23.5 Å². The SMILES string of the molecule is CC(C)(N)c1cc2n(c1)CCCC2. The average molecular weight is 178 g/mol. The van der Waals surface area contributed by atoms with Crippen LogP contribution in [0.2, 0.25) is 0 Å². The van der Waals surface area contributed by atoms with Crippen LogP contribution in [-0.4, -0.2) is 4.57 Å². The standard InChI is InChI=1S/C11H18N2/c1-11(2,12)9-7-10-5-3-4-6-13(10)8-9/h7-8H,3-6,12H2,1-2H3. The van der Waals surface area contributed by atoms with Crippen molar-refractivity contribution < 1.29 is 0 Å². The minimum atomic E-state index is -0.190. The van der Waals surface area contributed by atoms with Gasteiger partial charge in [0.25, 0.3) is 0 Å². The van der Waals surface area contributed by atoms with Gasteiger partial charge in [-0.25, -0.2) is 0 Å². The van der Waals surface area contributed by atoms with Crippen LogP contribution in [0.15, 0.2) is 12.3 Å². The fraction of sp³-hybridized carbons (Fsp3) is 0.636. The molecule has 0 atom stereocenters. The summed E-state index contributed by atoms with van der Waals surface area (Å²) in [5.74, 6) is 0. The molecule has 0 radical (unpaired) electrons. The van der Waals surface area contributed by atoms with Crippen LogP contribution in [0, 0.1) is 0 Å². The van der Waals surface area contributed by atoms with E-state index in [1.165, 1.54) is 37.1 Å². The van der Waals surface area contributed by atoms with Gasteiger partial charge in [-0.15, -0.1) is 0 Å². The Morgan fingerprint density at radius 3 is 2.77 bits per heavy atom. The van der Waals surface area contributed by atoms with Gasteiger partial charge >= 0.3 is 0 Å². The van der Waals surface area contributed by atoms with Crippen LogP contribution < -0.4 is 5.73 Å². The Labute approximate surface area is 79.7 Å². The van der Waals surface area contributed by atoms with Gasteiger partial charge in [0.1, 0.15) is 0 Å². The Morgan fingerprint density at radius 1 is 1.38 bits per heavy atom. The number of nitrogens with two attached hydrogens (primary N) is 1. The molecule has 2 N–H and O–H groups in total. The summed E-state index contributed by atoms with van der Waals surface area (Å²) in [5.41, 5.74) is 8.59. The number of fused-ring (bicyclic) bond motifs is 1. The predicted octanol–water partition coefficient (Wildman–Crippen LogP) is 2.02. The molecule has 0 unspecified atom stereocenters. The monoisotopic (exact) mass is 178 g/mol. The highest BCUT2D eigenvalue weighted by molar-refractivity contribution is 5.25. The van der Waals surface area contributed by atoms with Crippen LogP contribution in [0.4, 0.5) is 0 Å². The Kier molecular flexibility index (Phi) is 1.95. The zero-order valence-electron chi connectivity index (χ0n) is 8.51. The zero-order valence-corrected chi connectivity index (χ0v) is 8.51. The summed E-state index contributed by atoms with van der Waals surface area (Å²) in [4.78, 5) is 0. The van der Waals surface area contributed by atoms with Crippen LogP contribution in [0.5, 0.6) is 0 Å². The Bertz CT molecular complexity index is 281. The first-order valence-electron chi connectivity index (χ1n) is 5.06. The summed E-state index contributed by atoms with van der Waals surface area (Å²) in [7, 11) is 0. The molecule has 72 valence electrons. The van der Waals surface area contributed by atoms with Gasteiger partial charge in [0, 0.05) is 24.0 Å². The summed E-state index contributed by atoms with van der Waals surface area (Å²) in [6, 6.07) is 2.26. The number of aromatic nitrogens is 1. The lowest BCUT2D eigenvalue weighted by molar-refractivity contribution is 0.526. The quantitative estimate of drug-likeness (QED) is 0.700. The summed E-state index contributed by atoms with van der Waals surface area (Å²) >= 11 is 0. The van der Waals surface area contributed by atoms with Gasteiger partial charge in [-0.3, -0.25) is 0 Å². The molecule has 1 aromatic heterocycles. The van der Waals surface area contributed by atoms with Crippen molar-refractivity contribution in [2.75, 3.05) is 0 Å². The van der Waals surface area contributed by atoms with Gasteiger partial charge in [0.2, 0.25) is 0 Å². The van der Waals surface area contributed by atoms with Gasteiger partial charge in [-0.05, 0) is 44.7 Å². The van der Waals surface area contributed by atoms with Crippen LogP contribution in [-0.2, 0) is 18.5 Å². The number of rotatable bonds is 1. The number of aryl methyl sites for hydroxylation is 2. The van der Waals surface area contributed by atoms with E-state index in [1.807, 2.05) is 0 Å². The van der Waals surface area contributed by atoms with Crippen LogP contribution >= 0.6 is 0 Å².